The molecule has 0 fully saturated rings. The second-order valence-corrected chi connectivity index (χ2v) is 8.32. The van der Waals surface area contributed by atoms with Gasteiger partial charge in [0.15, 0.2) is 6.79 Å². The minimum Gasteiger partial charge on any atom is -0.467 e. The highest BCUT2D eigenvalue weighted by Crippen LogP contribution is 2.25. The molecule has 2 aromatic carbocycles. The van der Waals surface area contributed by atoms with Gasteiger partial charge in [0.25, 0.3) is 0 Å². The van der Waals surface area contributed by atoms with Crippen molar-refractivity contribution in [2.45, 2.75) is 19.8 Å². The highest BCUT2D eigenvalue weighted by atomic mass is 31.1. The molecule has 0 spiro atoms. The quantitative estimate of drug-likeness (QED) is 0.380. The van der Waals surface area contributed by atoms with E-state index in [0.717, 1.165) is 18.6 Å². The van der Waals surface area contributed by atoms with Crippen LogP contribution >= 0.6 is 8.58 Å². The first-order valence-electron chi connectivity index (χ1n) is 9.57. The Kier molecular flexibility index (Phi) is 7.59. The topological polar surface area (TPSA) is 30.8 Å². The summed E-state index contributed by atoms with van der Waals surface area (Å²) in [5.41, 5.74) is 3.75. The summed E-state index contributed by atoms with van der Waals surface area (Å²) in [7, 11) is 3.96. The lowest BCUT2D eigenvalue weighted by molar-refractivity contribution is 0.0519. The predicted octanol–water partition coefficient (Wildman–Crippen LogP) is 4.33. The van der Waals surface area contributed by atoms with Crippen molar-refractivity contribution in [2.24, 2.45) is 10.9 Å². The van der Waals surface area contributed by atoms with Crippen molar-refractivity contribution >= 4 is 25.4 Å². The Balaban J connectivity index is 1.89. The molecule has 0 saturated heterocycles. The van der Waals surface area contributed by atoms with Crippen LogP contribution in [0, 0.1) is 12.8 Å². The average Bonchev–Trinajstić information content (AvgIpc) is 2.70. The molecule has 0 radical (unpaired) electrons. The van der Waals surface area contributed by atoms with Crippen molar-refractivity contribution in [1.82, 2.24) is 0 Å². The molecule has 3 nitrogen and oxygen atoms in total. The predicted molar refractivity (Wildman–Crippen MR) is 121 cm³/mol. The summed E-state index contributed by atoms with van der Waals surface area (Å²) >= 11 is 0. The number of methoxy groups -OCH3 is 1. The fourth-order valence-corrected chi connectivity index (χ4v) is 4.60. The van der Waals surface area contributed by atoms with Crippen LogP contribution in [-0.2, 0) is 11.2 Å². The minimum atomic E-state index is 0.254. The first-order valence-corrected chi connectivity index (χ1v) is 10.6. The van der Waals surface area contributed by atoms with E-state index in [9.17, 15) is 0 Å². The standard InChI is InChI=1S/C24H28NO2P/c1-18-9-12-23(21(13-18)16-25-2)28-24-15-20(10-11-22(24)27-17-26-3)14-19-7-5-4-6-8-19/h4-7,9-13,15-16,19,28H,8,14,17H2,1-3H3. The van der Waals surface area contributed by atoms with Gasteiger partial charge in [0.2, 0.25) is 0 Å². The number of aryl methyl sites for hydroxylation is 1. The zero-order valence-corrected chi connectivity index (χ0v) is 17.8. The molecule has 0 aliphatic heterocycles. The Morgan fingerprint density at radius 2 is 2.04 bits per heavy atom. The van der Waals surface area contributed by atoms with Crippen LogP contribution in [-0.4, -0.2) is 27.2 Å². The van der Waals surface area contributed by atoms with E-state index in [0.29, 0.717) is 14.5 Å². The largest absolute Gasteiger partial charge is 0.467 e. The number of rotatable bonds is 8. The zero-order chi connectivity index (χ0) is 19.8. The van der Waals surface area contributed by atoms with E-state index < -0.39 is 0 Å². The molecule has 3 rings (SSSR count). The van der Waals surface area contributed by atoms with Crippen molar-refractivity contribution in [3.8, 4) is 5.75 Å². The van der Waals surface area contributed by atoms with E-state index >= 15 is 0 Å². The van der Waals surface area contributed by atoms with Gasteiger partial charge in [0, 0.05) is 31.2 Å². The highest BCUT2D eigenvalue weighted by molar-refractivity contribution is 7.56. The van der Waals surface area contributed by atoms with Crippen LogP contribution in [0.1, 0.15) is 23.1 Å². The van der Waals surface area contributed by atoms with Gasteiger partial charge in [0.1, 0.15) is 5.75 Å². The Bertz CT molecular complexity index is 886. The third-order valence-corrected chi connectivity index (χ3v) is 6.07. The molecule has 1 aliphatic carbocycles. The van der Waals surface area contributed by atoms with Gasteiger partial charge >= 0.3 is 0 Å². The Morgan fingerprint density at radius 1 is 1.14 bits per heavy atom. The maximum atomic E-state index is 5.85. The van der Waals surface area contributed by atoms with Crippen molar-refractivity contribution in [1.29, 1.82) is 0 Å². The van der Waals surface area contributed by atoms with Crippen LogP contribution in [0.3, 0.4) is 0 Å². The molecule has 2 atom stereocenters. The summed E-state index contributed by atoms with van der Waals surface area (Å²) in [5, 5.41) is 2.48. The van der Waals surface area contributed by atoms with E-state index in [1.165, 1.54) is 27.3 Å². The normalized spacial score (nSPS) is 16.5. The molecule has 2 unspecified atom stereocenters. The molecule has 4 heteroatoms. The number of hydrogen-bond donors (Lipinski definition) is 0. The van der Waals surface area contributed by atoms with E-state index in [4.69, 9.17) is 9.47 Å². The van der Waals surface area contributed by atoms with Gasteiger partial charge in [-0.05, 0) is 54.8 Å². The molecule has 0 N–H and O–H groups in total. The number of benzene rings is 2. The fraction of sp³-hybridized carbons (Fsp3) is 0.292. The maximum Gasteiger partial charge on any atom is 0.188 e. The molecule has 2 aromatic rings. The number of nitrogens with zero attached hydrogens (tertiary/aromatic N) is 1. The van der Waals surface area contributed by atoms with Crippen molar-refractivity contribution < 1.29 is 9.47 Å². The van der Waals surface area contributed by atoms with E-state index in [-0.39, 0.29) is 6.79 Å². The molecule has 146 valence electrons. The lowest BCUT2D eigenvalue weighted by Gasteiger charge is -2.17. The molecule has 0 aromatic heterocycles. The van der Waals surface area contributed by atoms with Gasteiger partial charge in [-0.1, -0.05) is 56.6 Å². The second-order valence-electron chi connectivity index (χ2n) is 7.00. The van der Waals surface area contributed by atoms with Crippen LogP contribution in [0.4, 0.5) is 0 Å². The monoisotopic (exact) mass is 393 g/mol. The van der Waals surface area contributed by atoms with E-state index in [2.05, 4.69) is 72.6 Å². The van der Waals surface area contributed by atoms with Crippen LogP contribution in [0.2, 0.25) is 0 Å². The maximum absolute atomic E-state index is 5.85. The van der Waals surface area contributed by atoms with Gasteiger partial charge in [-0.15, -0.1) is 0 Å². The molecule has 0 saturated carbocycles. The smallest absolute Gasteiger partial charge is 0.188 e. The number of aliphatic imine (C=N–C) groups is 1. The van der Waals surface area contributed by atoms with Crippen molar-refractivity contribution in [2.75, 3.05) is 21.0 Å². The van der Waals surface area contributed by atoms with Crippen molar-refractivity contribution in [3.63, 3.8) is 0 Å². The first-order chi connectivity index (χ1) is 13.7. The van der Waals surface area contributed by atoms with Crippen LogP contribution in [0.25, 0.3) is 0 Å². The van der Waals surface area contributed by atoms with Gasteiger partial charge in [-0.2, -0.15) is 0 Å². The number of ether oxygens (including phenoxy) is 2. The van der Waals surface area contributed by atoms with Crippen molar-refractivity contribution in [3.05, 3.63) is 77.4 Å². The molecule has 0 amide bonds. The molecule has 28 heavy (non-hydrogen) atoms. The van der Waals surface area contributed by atoms with Crippen LogP contribution in [0.15, 0.2) is 65.7 Å². The molecule has 0 bridgehead atoms. The Hall–Kier alpha value is -2.22. The SMILES string of the molecule is CN=Cc1cc(C)ccc1Pc1cc(CC2C=CC=CC2)ccc1OCOC. The minimum absolute atomic E-state index is 0.254. The molecular weight excluding hydrogens is 365 g/mol. The summed E-state index contributed by atoms with van der Waals surface area (Å²) in [6, 6.07) is 13.1. The average molecular weight is 393 g/mol. The third kappa shape index (κ3) is 5.64. The first kappa shape index (κ1) is 20.5. The Morgan fingerprint density at radius 3 is 2.79 bits per heavy atom. The summed E-state index contributed by atoms with van der Waals surface area (Å²) < 4.78 is 11.0. The lowest BCUT2D eigenvalue weighted by atomic mass is 9.93. The molecule has 0 heterocycles. The number of hydrogen-bond acceptors (Lipinski definition) is 3. The fourth-order valence-electron chi connectivity index (χ4n) is 3.32. The van der Waals surface area contributed by atoms with Gasteiger partial charge < -0.3 is 9.47 Å². The summed E-state index contributed by atoms with van der Waals surface area (Å²) in [4.78, 5) is 4.23. The zero-order valence-electron chi connectivity index (χ0n) is 16.8. The third-order valence-electron chi connectivity index (χ3n) is 4.69. The van der Waals surface area contributed by atoms with Gasteiger partial charge in [-0.25, -0.2) is 0 Å². The second kappa shape index (κ2) is 10.4. The summed E-state index contributed by atoms with van der Waals surface area (Å²) in [5.74, 6) is 1.46. The molecular formula is C24H28NO2P. The molecule has 1 aliphatic rings. The lowest BCUT2D eigenvalue weighted by Crippen LogP contribution is -2.14. The highest BCUT2D eigenvalue weighted by Gasteiger charge is 2.12. The summed E-state index contributed by atoms with van der Waals surface area (Å²) in [6.45, 7) is 2.37. The van der Waals surface area contributed by atoms with Crippen LogP contribution < -0.4 is 15.3 Å². The summed E-state index contributed by atoms with van der Waals surface area (Å²) in [6.07, 6.45) is 12.9. The van der Waals surface area contributed by atoms with Gasteiger partial charge in [0.05, 0.1) is 0 Å². The van der Waals surface area contributed by atoms with E-state index in [1.807, 2.05) is 13.3 Å². The number of allylic oxidation sites excluding steroid dienone is 4. The van der Waals surface area contributed by atoms with Gasteiger partial charge in [-0.3, -0.25) is 4.99 Å². The van der Waals surface area contributed by atoms with E-state index in [1.54, 1.807) is 7.11 Å². The van der Waals surface area contributed by atoms with Crippen LogP contribution in [0.5, 0.6) is 5.75 Å². The Labute approximate surface area is 170 Å².